The molecule has 2 rings (SSSR count). The van der Waals surface area contributed by atoms with Crippen molar-refractivity contribution >= 4 is 33.1 Å². The van der Waals surface area contributed by atoms with Gasteiger partial charge in [0.15, 0.2) is 10.8 Å². The summed E-state index contributed by atoms with van der Waals surface area (Å²) in [5.74, 6) is -0.211. The van der Waals surface area contributed by atoms with Crippen molar-refractivity contribution in [3.63, 3.8) is 0 Å². The first kappa shape index (κ1) is 11.0. The van der Waals surface area contributed by atoms with E-state index in [2.05, 4.69) is 4.98 Å². The lowest BCUT2D eigenvalue weighted by Crippen LogP contribution is -2.06. The van der Waals surface area contributed by atoms with Gasteiger partial charge in [-0.1, -0.05) is 19.1 Å². The number of rotatable bonds is 4. The highest BCUT2D eigenvalue weighted by Crippen LogP contribution is 2.22. The summed E-state index contributed by atoms with van der Waals surface area (Å²) < 4.78 is 0.981. The number of thiazole rings is 1. The molecule has 0 N–H and O–H groups in total. The van der Waals surface area contributed by atoms with E-state index >= 15 is 0 Å². The normalized spacial score (nSPS) is 10.6. The van der Waals surface area contributed by atoms with Crippen LogP contribution in [0.1, 0.15) is 29.6 Å². The minimum absolute atomic E-state index is 0.0314. The molecule has 0 amide bonds. The maximum atomic E-state index is 11.7. The molecule has 0 bridgehead atoms. The maximum absolute atomic E-state index is 11.7. The molecule has 0 aliphatic heterocycles. The van der Waals surface area contributed by atoms with E-state index in [4.69, 9.17) is 0 Å². The van der Waals surface area contributed by atoms with Crippen LogP contribution in [0.4, 0.5) is 0 Å². The van der Waals surface area contributed by atoms with Gasteiger partial charge in [-0.15, -0.1) is 11.3 Å². The van der Waals surface area contributed by atoms with E-state index in [1.807, 2.05) is 24.3 Å². The van der Waals surface area contributed by atoms with Crippen LogP contribution < -0.4 is 0 Å². The highest BCUT2D eigenvalue weighted by atomic mass is 32.1. The quantitative estimate of drug-likeness (QED) is 0.602. The highest BCUT2D eigenvalue weighted by Gasteiger charge is 2.14. The van der Waals surface area contributed by atoms with Crippen molar-refractivity contribution in [2.75, 3.05) is 0 Å². The van der Waals surface area contributed by atoms with Crippen molar-refractivity contribution in [3.05, 3.63) is 29.3 Å². The molecule has 1 aromatic carbocycles. The average Bonchev–Trinajstić information content (AvgIpc) is 2.72. The number of para-hydroxylation sites is 1. The fourth-order valence-electron chi connectivity index (χ4n) is 1.37. The van der Waals surface area contributed by atoms with Crippen molar-refractivity contribution in [1.82, 2.24) is 4.98 Å². The second kappa shape index (κ2) is 4.53. The highest BCUT2D eigenvalue weighted by molar-refractivity contribution is 7.20. The van der Waals surface area contributed by atoms with E-state index in [1.54, 1.807) is 6.92 Å². The van der Waals surface area contributed by atoms with Gasteiger partial charge in [0.05, 0.1) is 16.6 Å². The van der Waals surface area contributed by atoms with Crippen molar-refractivity contribution in [1.29, 1.82) is 0 Å². The minimum atomic E-state index is -0.173. The summed E-state index contributed by atoms with van der Waals surface area (Å²) in [5, 5.41) is 0.433. The SMILES string of the molecule is CCC(=O)CC(=O)c1nc2ccccc2s1. The molecule has 0 saturated carbocycles. The van der Waals surface area contributed by atoms with Crippen LogP contribution in [0.25, 0.3) is 10.2 Å². The molecule has 2 aromatic rings. The van der Waals surface area contributed by atoms with E-state index in [-0.39, 0.29) is 18.0 Å². The fraction of sp³-hybridized carbons (Fsp3) is 0.250. The lowest BCUT2D eigenvalue weighted by molar-refractivity contribution is -0.117. The first-order chi connectivity index (χ1) is 7.70. The summed E-state index contributed by atoms with van der Waals surface area (Å²) in [5.41, 5.74) is 0.819. The molecule has 0 fully saturated rings. The van der Waals surface area contributed by atoms with Crippen molar-refractivity contribution in [3.8, 4) is 0 Å². The van der Waals surface area contributed by atoms with Crippen LogP contribution in [0.5, 0.6) is 0 Å². The first-order valence-electron chi connectivity index (χ1n) is 5.11. The van der Waals surface area contributed by atoms with Crippen LogP contribution in [-0.2, 0) is 4.79 Å². The standard InChI is InChI=1S/C12H11NO2S/c1-2-8(14)7-10(15)12-13-9-5-3-4-6-11(9)16-12/h3-6H,2,7H2,1H3. The molecule has 0 unspecified atom stereocenters. The van der Waals surface area contributed by atoms with Gasteiger partial charge in [-0.2, -0.15) is 0 Å². The number of nitrogens with zero attached hydrogens (tertiary/aromatic N) is 1. The Hall–Kier alpha value is -1.55. The summed E-state index contributed by atoms with van der Waals surface area (Å²) in [6, 6.07) is 7.58. The van der Waals surface area contributed by atoms with Gasteiger partial charge in [-0.25, -0.2) is 4.98 Å². The van der Waals surface area contributed by atoms with E-state index in [0.29, 0.717) is 11.4 Å². The predicted molar refractivity (Wildman–Crippen MR) is 63.9 cm³/mol. The van der Waals surface area contributed by atoms with E-state index in [1.165, 1.54) is 11.3 Å². The van der Waals surface area contributed by atoms with Crippen molar-refractivity contribution in [2.45, 2.75) is 19.8 Å². The first-order valence-corrected chi connectivity index (χ1v) is 5.93. The van der Waals surface area contributed by atoms with Gasteiger partial charge >= 0.3 is 0 Å². The van der Waals surface area contributed by atoms with E-state index < -0.39 is 0 Å². The molecule has 0 spiro atoms. The zero-order valence-electron chi connectivity index (χ0n) is 8.90. The third-order valence-electron chi connectivity index (χ3n) is 2.28. The Morgan fingerprint density at radius 1 is 1.31 bits per heavy atom. The number of fused-ring (bicyclic) bond motifs is 1. The van der Waals surface area contributed by atoms with Crippen LogP contribution in [0.2, 0.25) is 0 Å². The molecule has 3 nitrogen and oxygen atoms in total. The Morgan fingerprint density at radius 3 is 2.75 bits per heavy atom. The average molecular weight is 233 g/mol. The van der Waals surface area contributed by atoms with Gasteiger partial charge in [-0.05, 0) is 12.1 Å². The number of carbonyl (C=O) groups is 2. The van der Waals surface area contributed by atoms with Gasteiger partial charge in [0.2, 0.25) is 0 Å². The number of carbonyl (C=O) groups excluding carboxylic acids is 2. The molecule has 0 radical (unpaired) electrons. The van der Waals surface area contributed by atoms with Crippen LogP contribution in [0.15, 0.2) is 24.3 Å². The molecular weight excluding hydrogens is 222 g/mol. The monoisotopic (exact) mass is 233 g/mol. The van der Waals surface area contributed by atoms with Crippen LogP contribution >= 0.6 is 11.3 Å². The number of hydrogen-bond acceptors (Lipinski definition) is 4. The number of benzene rings is 1. The molecule has 4 heteroatoms. The van der Waals surface area contributed by atoms with Gasteiger partial charge in [0.25, 0.3) is 0 Å². The summed E-state index contributed by atoms with van der Waals surface area (Å²) in [4.78, 5) is 27.1. The van der Waals surface area contributed by atoms with E-state index in [9.17, 15) is 9.59 Å². The summed E-state index contributed by atoms with van der Waals surface area (Å²) >= 11 is 1.34. The van der Waals surface area contributed by atoms with E-state index in [0.717, 1.165) is 10.2 Å². The van der Waals surface area contributed by atoms with Crippen LogP contribution in [0.3, 0.4) is 0 Å². The zero-order chi connectivity index (χ0) is 11.5. The number of ketones is 2. The predicted octanol–water partition coefficient (Wildman–Crippen LogP) is 2.85. The molecule has 82 valence electrons. The molecule has 16 heavy (non-hydrogen) atoms. The van der Waals surface area contributed by atoms with Gasteiger partial charge in [0.1, 0.15) is 5.78 Å². The third-order valence-corrected chi connectivity index (χ3v) is 3.36. The maximum Gasteiger partial charge on any atom is 0.198 e. The summed E-state index contributed by atoms with van der Waals surface area (Å²) in [7, 11) is 0. The molecule has 0 saturated heterocycles. The smallest absolute Gasteiger partial charge is 0.198 e. The van der Waals surface area contributed by atoms with Crippen LogP contribution in [-0.4, -0.2) is 16.6 Å². The summed E-state index contributed by atoms with van der Waals surface area (Å²) in [6.07, 6.45) is 0.368. The Bertz CT molecular complexity index is 512. The number of aromatic nitrogens is 1. The second-order valence-corrected chi connectivity index (χ2v) is 4.51. The topological polar surface area (TPSA) is 47.0 Å². The molecule has 1 aromatic heterocycles. The Balaban J connectivity index is 2.26. The Labute approximate surface area is 97.1 Å². The van der Waals surface area contributed by atoms with Crippen molar-refractivity contribution in [2.24, 2.45) is 0 Å². The van der Waals surface area contributed by atoms with Gasteiger partial charge < -0.3 is 0 Å². The van der Waals surface area contributed by atoms with Crippen LogP contribution in [0, 0.1) is 0 Å². The summed E-state index contributed by atoms with van der Waals surface area (Å²) in [6.45, 7) is 1.76. The number of hydrogen-bond donors (Lipinski definition) is 0. The fourth-order valence-corrected chi connectivity index (χ4v) is 2.27. The van der Waals surface area contributed by atoms with Gasteiger partial charge in [0, 0.05) is 6.42 Å². The number of Topliss-reactive ketones (excluding diaryl/α,β-unsaturated/α-hetero) is 2. The largest absolute Gasteiger partial charge is 0.299 e. The lowest BCUT2D eigenvalue weighted by atomic mass is 10.2. The van der Waals surface area contributed by atoms with Crippen molar-refractivity contribution < 1.29 is 9.59 Å². The molecular formula is C12H11NO2S. The lowest BCUT2D eigenvalue weighted by Gasteiger charge is -1.92. The van der Waals surface area contributed by atoms with Gasteiger partial charge in [-0.3, -0.25) is 9.59 Å². The molecule has 0 aliphatic rings. The third kappa shape index (κ3) is 2.17. The zero-order valence-corrected chi connectivity index (χ0v) is 9.71. The minimum Gasteiger partial charge on any atom is -0.299 e. The Kier molecular flexibility index (Phi) is 3.10. The Morgan fingerprint density at radius 2 is 2.06 bits per heavy atom. The molecule has 0 atom stereocenters. The molecule has 0 aliphatic carbocycles. The molecule has 1 heterocycles. The second-order valence-electron chi connectivity index (χ2n) is 3.48.